The Balaban J connectivity index is 1.82. The Kier molecular flexibility index (Phi) is 4.23. The van der Waals surface area contributed by atoms with E-state index in [-0.39, 0.29) is 5.91 Å². The molecule has 106 valence electrons. The van der Waals surface area contributed by atoms with Crippen LogP contribution in [0.4, 0.5) is 5.69 Å². The van der Waals surface area contributed by atoms with Crippen LogP contribution in [-0.2, 0) is 0 Å². The highest BCUT2D eigenvalue weighted by molar-refractivity contribution is 9.13. The molecular weight excluding hydrogens is 420 g/mol. The zero-order chi connectivity index (χ0) is 14.8. The zero-order valence-corrected chi connectivity index (χ0v) is 14.5. The summed E-state index contributed by atoms with van der Waals surface area (Å²) in [6.45, 7) is 0. The largest absolute Gasteiger partial charge is 0.444 e. The summed E-state index contributed by atoms with van der Waals surface area (Å²) < 4.78 is 7.01. The van der Waals surface area contributed by atoms with Gasteiger partial charge in [-0.1, -0.05) is 12.1 Å². The molecule has 3 rings (SSSR count). The fourth-order valence-corrected chi connectivity index (χ4v) is 3.69. The minimum Gasteiger partial charge on any atom is -0.444 e. The first-order chi connectivity index (χ1) is 10.1. The second-order valence-corrected chi connectivity index (χ2v) is 7.36. The van der Waals surface area contributed by atoms with Crippen LogP contribution in [-0.4, -0.2) is 10.9 Å². The summed E-state index contributed by atoms with van der Waals surface area (Å²) in [5.74, 6) is 0.508. The molecule has 0 fully saturated rings. The van der Waals surface area contributed by atoms with Crippen molar-refractivity contribution >= 4 is 54.8 Å². The van der Waals surface area contributed by atoms with Gasteiger partial charge in [0.25, 0.3) is 5.91 Å². The normalized spacial score (nSPS) is 10.6. The molecule has 0 aliphatic heterocycles. The lowest BCUT2D eigenvalue weighted by atomic mass is 10.1. The van der Waals surface area contributed by atoms with E-state index in [9.17, 15) is 4.79 Å². The molecule has 0 atom stereocenters. The third-order valence-corrected chi connectivity index (χ3v) is 5.96. The number of amides is 1. The average molecular weight is 428 g/mol. The van der Waals surface area contributed by atoms with Crippen molar-refractivity contribution < 1.29 is 9.21 Å². The highest BCUT2D eigenvalue weighted by atomic mass is 79.9. The molecule has 0 saturated heterocycles. The van der Waals surface area contributed by atoms with Crippen LogP contribution in [0.1, 0.15) is 9.67 Å². The molecular formula is C14H8Br2N2O2S. The lowest BCUT2D eigenvalue weighted by Crippen LogP contribution is -2.09. The van der Waals surface area contributed by atoms with E-state index in [1.165, 1.54) is 17.7 Å². The number of hydrogen-bond donors (Lipinski definition) is 1. The van der Waals surface area contributed by atoms with E-state index in [4.69, 9.17) is 4.42 Å². The molecule has 1 N–H and O–H groups in total. The molecule has 0 radical (unpaired) electrons. The number of aromatic nitrogens is 1. The molecule has 4 nitrogen and oxygen atoms in total. The number of nitrogens with zero attached hydrogens (tertiary/aromatic N) is 1. The van der Waals surface area contributed by atoms with E-state index in [2.05, 4.69) is 42.2 Å². The standard InChI is InChI=1S/C14H8Br2N2O2S/c15-10-5-12(21-13(10)16)14(19)18-9-3-1-2-8(4-9)11-6-17-7-20-11/h1-7H,(H,18,19). The zero-order valence-electron chi connectivity index (χ0n) is 10.5. The monoisotopic (exact) mass is 426 g/mol. The minimum atomic E-state index is -0.152. The minimum absolute atomic E-state index is 0.152. The number of halogens is 2. The summed E-state index contributed by atoms with van der Waals surface area (Å²) in [6.07, 6.45) is 3.01. The van der Waals surface area contributed by atoms with E-state index in [1.807, 2.05) is 24.3 Å². The smallest absolute Gasteiger partial charge is 0.265 e. The molecule has 21 heavy (non-hydrogen) atoms. The molecule has 3 aromatic rings. The van der Waals surface area contributed by atoms with Gasteiger partial charge in [0.1, 0.15) is 0 Å². The van der Waals surface area contributed by atoms with E-state index < -0.39 is 0 Å². The summed E-state index contributed by atoms with van der Waals surface area (Å²) in [6, 6.07) is 9.21. The van der Waals surface area contributed by atoms with Gasteiger partial charge in [-0.3, -0.25) is 4.79 Å². The highest BCUT2D eigenvalue weighted by Crippen LogP contribution is 2.33. The first kappa shape index (κ1) is 14.5. The molecule has 0 bridgehead atoms. The van der Waals surface area contributed by atoms with Gasteiger partial charge in [0.2, 0.25) is 0 Å². The van der Waals surface area contributed by atoms with Crippen molar-refractivity contribution in [2.45, 2.75) is 0 Å². The number of oxazole rings is 1. The van der Waals surface area contributed by atoms with Crippen LogP contribution in [0.5, 0.6) is 0 Å². The van der Waals surface area contributed by atoms with Crippen molar-refractivity contribution in [3.63, 3.8) is 0 Å². The topological polar surface area (TPSA) is 55.1 Å². The van der Waals surface area contributed by atoms with Crippen LogP contribution < -0.4 is 5.32 Å². The predicted molar refractivity (Wildman–Crippen MR) is 89.6 cm³/mol. The number of thiophene rings is 1. The highest BCUT2D eigenvalue weighted by Gasteiger charge is 2.12. The van der Waals surface area contributed by atoms with Crippen LogP contribution in [0.25, 0.3) is 11.3 Å². The predicted octanol–water partition coefficient (Wildman–Crippen LogP) is 5.18. The Bertz CT molecular complexity index is 765. The maximum absolute atomic E-state index is 12.2. The maximum atomic E-state index is 12.2. The molecule has 1 aromatic carbocycles. The lowest BCUT2D eigenvalue weighted by Gasteiger charge is -2.05. The average Bonchev–Trinajstić information content (AvgIpc) is 3.10. The third-order valence-electron chi connectivity index (χ3n) is 2.71. The summed E-state index contributed by atoms with van der Waals surface area (Å²) in [7, 11) is 0. The van der Waals surface area contributed by atoms with Crippen LogP contribution in [0.15, 0.2) is 55.6 Å². The molecule has 2 aromatic heterocycles. The van der Waals surface area contributed by atoms with Crippen molar-refractivity contribution in [2.75, 3.05) is 5.32 Å². The van der Waals surface area contributed by atoms with Gasteiger partial charge in [-0.05, 0) is 50.1 Å². The van der Waals surface area contributed by atoms with Crippen LogP contribution in [0.3, 0.4) is 0 Å². The molecule has 0 unspecified atom stereocenters. The Hall–Kier alpha value is -1.44. The van der Waals surface area contributed by atoms with Gasteiger partial charge in [0.05, 0.1) is 14.9 Å². The molecule has 2 heterocycles. The summed E-state index contributed by atoms with van der Waals surface area (Å²) in [5, 5.41) is 2.87. The number of carbonyl (C=O) groups excluding carboxylic acids is 1. The first-order valence-electron chi connectivity index (χ1n) is 5.88. The van der Waals surface area contributed by atoms with Gasteiger partial charge in [0, 0.05) is 15.7 Å². The van der Waals surface area contributed by atoms with Crippen LogP contribution >= 0.6 is 43.2 Å². The number of rotatable bonds is 3. The van der Waals surface area contributed by atoms with Gasteiger partial charge >= 0.3 is 0 Å². The Morgan fingerprint density at radius 2 is 2.14 bits per heavy atom. The van der Waals surface area contributed by atoms with Gasteiger partial charge in [-0.25, -0.2) is 4.98 Å². The van der Waals surface area contributed by atoms with E-state index in [0.29, 0.717) is 16.3 Å². The summed E-state index contributed by atoms with van der Waals surface area (Å²) in [5.41, 5.74) is 1.56. The van der Waals surface area contributed by atoms with Crippen molar-refractivity contribution in [1.82, 2.24) is 4.98 Å². The van der Waals surface area contributed by atoms with Crippen LogP contribution in [0, 0.1) is 0 Å². The third kappa shape index (κ3) is 3.25. The number of nitrogens with one attached hydrogen (secondary N) is 1. The van der Waals surface area contributed by atoms with Crippen LogP contribution in [0.2, 0.25) is 0 Å². The van der Waals surface area contributed by atoms with Gasteiger partial charge in [-0.2, -0.15) is 0 Å². The van der Waals surface area contributed by atoms with Crippen molar-refractivity contribution in [3.05, 3.63) is 56.1 Å². The Morgan fingerprint density at radius 1 is 1.29 bits per heavy atom. The molecule has 0 spiro atoms. The van der Waals surface area contributed by atoms with E-state index in [0.717, 1.165) is 13.8 Å². The number of carbonyl (C=O) groups is 1. The number of anilines is 1. The number of benzene rings is 1. The lowest BCUT2D eigenvalue weighted by molar-refractivity contribution is 0.103. The Labute approximate surface area is 141 Å². The van der Waals surface area contributed by atoms with Crippen molar-refractivity contribution in [2.24, 2.45) is 0 Å². The van der Waals surface area contributed by atoms with Gasteiger partial charge in [0.15, 0.2) is 12.2 Å². The molecule has 0 saturated carbocycles. The SMILES string of the molecule is O=C(Nc1cccc(-c2cnco2)c1)c1cc(Br)c(Br)s1. The summed E-state index contributed by atoms with van der Waals surface area (Å²) >= 11 is 8.12. The fraction of sp³-hybridized carbons (Fsp3) is 0. The second-order valence-electron chi connectivity index (χ2n) is 4.13. The van der Waals surface area contributed by atoms with Crippen molar-refractivity contribution in [1.29, 1.82) is 0 Å². The Morgan fingerprint density at radius 3 is 2.81 bits per heavy atom. The second kappa shape index (κ2) is 6.13. The number of hydrogen-bond acceptors (Lipinski definition) is 4. The molecule has 7 heteroatoms. The first-order valence-corrected chi connectivity index (χ1v) is 8.29. The van der Waals surface area contributed by atoms with E-state index >= 15 is 0 Å². The summed E-state index contributed by atoms with van der Waals surface area (Å²) in [4.78, 5) is 16.7. The molecule has 1 amide bonds. The van der Waals surface area contributed by atoms with Gasteiger partial charge < -0.3 is 9.73 Å². The molecule has 0 aliphatic carbocycles. The molecule has 0 aliphatic rings. The van der Waals surface area contributed by atoms with Gasteiger partial charge in [-0.15, -0.1) is 11.3 Å². The van der Waals surface area contributed by atoms with Crippen molar-refractivity contribution in [3.8, 4) is 11.3 Å². The fourth-order valence-electron chi connectivity index (χ4n) is 1.76. The maximum Gasteiger partial charge on any atom is 0.265 e. The van der Waals surface area contributed by atoms with E-state index in [1.54, 1.807) is 12.3 Å². The quantitative estimate of drug-likeness (QED) is 0.626.